The second kappa shape index (κ2) is 12.3. The van der Waals surface area contributed by atoms with E-state index in [0.717, 1.165) is 38.0 Å². The van der Waals surface area contributed by atoms with E-state index in [9.17, 15) is 9.59 Å². The number of urea groups is 1. The van der Waals surface area contributed by atoms with E-state index in [2.05, 4.69) is 51.2 Å². The van der Waals surface area contributed by atoms with E-state index in [4.69, 9.17) is 4.74 Å². The lowest BCUT2D eigenvalue weighted by Gasteiger charge is -2.35. The molecule has 1 heterocycles. The third kappa shape index (κ3) is 7.03. The maximum Gasteiger partial charge on any atom is 0.323 e. The monoisotopic (exact) mass is 500 g/mol. The first-order valence-electron chi connectivity index (χ1n) is 12.9. The van der Waals surface area contributed by atoms with Crippen molar-refractivity contribution in [3.63, 3.8) is 0 Å². The number of anilines is 3. The molecule has 0 aromatic heterocycles. The molecule has 4 rings (SSSR count). The minimum Gasteiger partial charge on any atom is -0.495 e. The summed E-state index contributed by atoms with van der Waals surface area (Å²) in [7, 11) is 1.56. The van der Waals surface area contributed by atoms with Crippen LogP contribution in [0.3, 0.4) is 0 Å². The molecule has 1 fully saturated rings. The van der Waals surface area contributed by atoms with Gasteiger partial charge in [-0.05, 0) is 74.9 Å². The van der Waals surface area contributed by atoms with Gasteiger partial charge in [0, 0.05) is 30.5 Å². The molecule has 1 saturated heterocycles. The van der Waals surface area contributed by atoms with Gasteiger partial charge in [0.2, 0.25) is 0 Å². The molecule has 0 unspecified atom stereocenters. The summed E-state index contributed by atoms with van der Waals surface area (Å²) in [5, 5.41) is 8.66. The molecular weight excluding hydrogens is 464 g/mol. The van der Waals surface area contributed by atoms with Gasteiger partial charge in [0.15, 0.2) is 0 Å². The van der Waals surface area contributed by atoms with Gasteiger partial charge < -0.3 is 25.6 Å². The van der Waals surface area contributed by atoms with Gasteiger partial charge in [-0.15, -0.1) is 0 Å². The van der Waals surface area contributed by atoms with E-state index in [1.54, 1.807) is 25.3 Å². The van der Waals surface area contributed by atoms with Gasteiger partial charge in [-0.2, -0.15) is 0 Å². The molecule has 0 spiro atoms. The van der Waals surface area contributed by atoms with Gasteiger partial charge >= 0.3 is 6.03 Å². The number of nitrogens with one attached hydrogen (secondary N) is 3. The van der Waals surface area contributed by atoms with E-state index in [1.807, 2.05) is 38.1 Å². The minimum absolute atomic E-state index is 0.00224. The Labute approximate surface area is 219 Å². The number of piperidine rings is 1. The Morgan fingerprint density at radius 2 is 1.65 bits per heavy atom. The molecule has 0 aliphatic carbocycles. The molecule has 3 aromatic carbocycles. The maximum absolute atomic E-state index is 13.2. The van der Waals surface area contributed by atoms with Crippen LogP contribution in [0.5, 0.6) is 5.75 Å². The highest BCUT2D eigenvalue weighted by atomic mass is 16.5. The lowest BCUT2D eigenvalue weighted by molar-refractivity contribution is 0.0943. The molecule has 194 valence electrons. The summed E-state index contributed by atoms with van der Waals surface area (Å²) in [6.07, 6.45) is 3.22. The van der Waals surface area contributed by atoms with Crippen LogP contribution in [-0.2, 0) is 6.42 Å². The number of benzene rings is 3. The Kier molecular flexibility index (Phi) is 8.67. The number of hydrogen-bond acceptors (Lipinski definition) is 4. The average molecular weight is 501 g/mol. The molecule has 3 aromatic rings. The third-order valence-corrected chi connectivity index (χ3v) is 6.60. The Morgan fingerprint density at radius 1 is 0.946 bits per heavy atom. The summed E-state index contributed by atoms with van der Waals surface area (Å²) in [4.78, 5) is 28.1. The quantitative estimate of drug-likeness (QED) is 0.358. The number of nitrogens with zero attached hydrogens (tertiary/aromatic N) is 1. The molecule has 0 bridgehead atoms. The van der Waals surface area contributed by atoms with Gasteiger partial charge in [0.25, 0.3) is 5.91 Å². The van der Waals surface area contributed by atoms with Crippen LogP contribution in [0.4, 0.5) is 21.9 Å². The summed E-state index contributed by atoms with van der Waals surface area (Å²) in [6.45, 7) is 5.66. The van der Waals surface area contributed by atoms with Gasteiger partial charge in [-0.1, -0.05) is 42.5 Å². The van der Waals surface area contributed by atoms with Crippen molar-refractivity contribution in [2.75, 3.05) is 35.7 Å². The van der Waals surface area contributed by atoms with Crippen molar-refractivity contribution in [3.8, 4) is 5.75 Å². The Balaban J connectivity index is 1.47. The normalized spacial score (nSPS) is 13.8. The summed E-state index contributed by atoms with van der Waals surface area (Å²) >= 11 is 0. The third-order valence-electron chi connectivity index (χ3n) is 6.60. The van der Waals surface area contributed by atoms with E-state index < -0.39 is 6.03 Å². The number of ether oxygens (including phenoxy) is 1. The highest BCUT2D eigenvalue weighted by Gasteiger charge is 2.24. The summed E-state index contributed by atoms with van der Waals surface area (Å²) < 4.78 is 5.31. The average Bonchev–Trinajstić information content (AvgIpc) is 2.89. The number of para-hydroxylation sites is 2. The molecule has 7 nitrogen and oxygen atoms in total. The van der Waals surface area contributed by atoms with Crippen LogP contribution in [0.2, 0.25) is 0 Å². The lowest BCUT2D eigenvalue weighted by atomic mass is 9.89. The van der Waals surface area contributed by atoms with Crippen LogP contribution in [0.15, 0.2) is 72.8 Å². The van der Waals surface area contributed by atoms with Crippen LogP contribution in [0.25, 0.3) is 0 Å². The van der Waals surface area contributed by atoms with Crippen molar-refractivity contribution in [3.05, 3.63) is 83.9 Å². The van der Waals surface area contributed by atoms with Crippen LogP contribution in [-0.4, -0.2) is 38.2 Å². The smallest absolute Gasteiger partial charge is 0.323 e. The molecular formula is C30H36N4O3. The first-order valence-corrected chi connectivity index (χ1v) is 12.9. The van der Waals surface area contributed by atoms with E-state index in [0.29, 0.717) is 28.6 Å². The van der Waals surface area contributed by atoms with Gasteiger partial charge in [-0.25, -0.2) is 4.79 Å². The molecule has 1 aliphatic heterocycles. The standard InChI is InChI=1S/C30H36N4O3/c1-21(2)31-29(35)25-20-24(32-30(36)33-26-11-7-8-12-28(26)37-3)13-14-27(25)34-17-15-23(16-18-34)19-22-9-5-4-6-10-22/h4-14,20-21,23H,15-19H2,1-3H3,(H,31,35)(H2,32,33,36). The van der Waals surface area contributed by atoms with E-state index >= 15 is 0 Å². The molecule has 0 atom stereocenters. The van der Waals surface area contributed by atoms with Crippen LogP contribution in [0.1, 0.15) is 42.6 Å². The highest BCUT2D eigenvalue weighted by molar-refractivity contribution is 6.04. The second-order valence-corrected chi connectivity index (χ2v) is 9.76. The molecule has 0 saturated carbocycles. The number of rotatable bonds is 8. The zero-order chi connectivity index (χ0) is 26.2. The van der Waals surface area contributed by atoms with Crippen molar-refractivity contribution in [1.82, 2.24) is 5.32 Å². The fraction of sp³-hybridized carbons (Fsp3) is 0.333. The highest BCUT2D eigenvalue weighted by Crippen LogP contribution is 2.30. The number of amides is 3. The van der Waals surface area contributed by atoms with E-state index in [-0.39, 0.29) is 11.9 Å². The molecule has 3 N–H and O–H groups in total. The van der Waals surface area contributed by atoms with Crippen molar-refractivity contribution in [1.29, 1.82) is 0 Å². The number of hydrogen-bond donors (Lipinski definition) is 3. The predicted octanol–water partition coefficient (Wildman–Crippen LogP) is 5.94. The molecule has 7 heteroatoms. The first-order chi connectivity index (χ1) is 17.9. The maximum atomic E-state index is 13.2. The van der Waals surface area contributed by atoms with Crippen LogP contribution >= 0.6 is 0 Å². The fourth-order valence-electron chi connectivity index (χ4n) is 4.77. The number of methoxy groups -OCH3 is 1. The molecule has 1 aliphatic rings. The first kappa shape index (κ1) is 26.1. The van der Waals surface area contributed by atoms with Crippen molar-refractivity contribution in [2.24, 2.45) is 5.92 Å². The predicted molar refractivity (Wildman–Crippen MR) is 150 cm³/mol. The minimum atomic E-state index is -0.408. The summed E-state index contributed by atoms with van der Waals surface area (Å²) in [5.41, 5.74) is 3.94. The molecule has 37 heavy (non-hydrogen) atoms. The Hall–Kier alpha value is -4.00. The largest absolute Gasteiger partial charge is 0.495 e. The second-order valence-electron chi connectivity index (χ2n) is 9.76. The van der Waals surface area contributed by atoms with Crippen LogP contribution < -0.4 is 25.6 Å². The van der Waals surface area contributed by atoms with Crippen molar-refractivity contribution in [2.45, 2.75) is 39.2 Å². The zero-order valence-corrected chi connectivity index (χ0v) is 21.8. The summed E-state index contributed by atoms with van der Waals surface area (Å²) in [5.74, 6) is 1.05. The molecule has 0 radical (unpaired) electrons. The molecule has 3 amide bonds. The Bertz CT molecular complexity index is 1200. The fourth-order valence-corrected chi connectivity index (χ4v) is 4.77. The topological polar surface area (TPSA) is 82.7 Å². The van der Waals surface area contributed by atoms with Gasteiger partial charge in [-0.3, -0.25) is 4.79 Å². The van der Waals surface area contributed by atoms with Crippen LogP contribution in [0, 0.1) is 5.92 Å². The Morgan fingerprint density at radius 3 is 2.35 bits per heavy atom. The van der Waals surface area contributed by atoms with Gasteiger partial charge in [0.1, 0.15) is 5.75 Å². The van der Waals surface area contributed by atoms with Crippen molar-refractivity contribution < 1.29 is 14.3 Å². The van der Waals surface area contributed by atoms with Crippen molar-refractivity contribution >= 4 is 29.0 Å². The SMILES string of the molecule is COc1ccccc1NC(=O)Nc1ccc(N2CCC(Cc3ccccc3)CC2)c(C(=O)NC(C)C)c1. The number of carbonyl (C=O) groups is 2. The zero-order valence-electron chi connectivity index (χ0n) is 21.8. The van der Waals surface area contributed by atoms with Gasteiger partial charge in [0.05, 0.1) is 18.4 Å². The van der Waals surface area contributed by atoms with E-state index in [1.165, 1.54) is 5.56 Å². The number of carbonyl (C=O) groups excluding carboxylic acids is 2. The lowest BCUT2D eigenvalue weighted by Crippen LogP contribution is -2.37. The summed E-state index contributed by atoms with van der Waals surface area (Å²) in [6, 6.07) is 23.0.